The third-order valence-electron chi connectivity index (χ3n) is 4.76. The van der Waals surface area contributed by atoms with Gasteiger partial charge in [-0.2, -0.15) is 0 Å². The summed E-state index contributed by atoms with van der Waals surface area (Å²) in [6.07, 6.45) is 4.39. The maximum absolute atomic E-state index is 12.4. The first-order valence-electron chi connectivity index (χ1n) is 7.56. The molecule has 0 saturated carbocycles. The second-order valence-corrected chi connectivity index (χ2v) is 7.63. The highest BCUT2D eigenvalue weighted by Gasteiger charge is 2.53. The number of carbonyl (C=O) groups excluding carboxylic acids is 2. The molecule has 0 radical (unpaired) electrons. The summed E-state index contributed by atoms with van der Waals surface area (Å²) < 4.78 is 5.53. The van der Waals surface area contributed by atoms with Crippen molar-refractivity contribution in [1.29, 1.82) is 0 Å². The van der Waals surface area contributed by atoms with Crippen LogP contribution in [0.15, 0.2) is 0 Å². The number of nitrogens with one attached hydrogen (secondary N) is 1. The molecule has 3 aliphatic heterocycles. The lowest BCUT2D eigenvalue weighted by atomic mass is 9.74. The van der Waals surface area contributed by atoms with Gasteiger partial charge in [0.2, 0.25) is 5.91 Å². The Morgan fingerprint density at radius 1 is 1.30 bits per heavy atom. The SMILES string of the molecule is CC(C)(C)OC(=O)N1[C@H]2CC[C@H]1CC1(CNC(=O)C1)C2. The summed E-state index contributed by atoms with van der Waals surface area (Å²) in [5, 5.41) is 2.96. The first-order valence-corrected chi connectivity index (χ1v) is 7.56. The molecule has 3 rings (SSSR count). The molecule has 2 atom stereocenters. The van der Waals surface area contributed by atoms with Gasteiger partial charge in [-0.05, 0) is 46.5 Å². The van der Waals surface area contributed by atoms with Crippen molar-refractivity contribution in [3.05, 3.63) is 0 Å². The van der Waals surface area contributed by atoms with Crippen LogP contribution in [-0.2, 0) is 9.53 Å². The number of piperidine rings is 1. The van der Waals surface area contributed by atoms with Gasteiger partial charge in [0.05, 0.1) is 0 Å². The molecular formula is C15H24N2O3. The molecule has 0 unspecified atom stereocenters. The smallest absolute Gasteiger partial charge is 0.410 e. The molecule has 0 aliphatic carbocycles. The molecule has 0 aromatic rings. The van der Waals surface area contributed by atoms with Gasteiger partial charge < -0.3 is 15.0 Å². The summed E-state index contributed by atoms with van der Waals surface area (Å²) in [5.41, 5.74) is -0.363. The predicted octanol–water partition coefficient (Wildman–Crippen LogP) is 2.05. The van der Waals surface area contributed by atoms with Crippen LogP contribution in [0.25, 0.3) is 0 Å². The number of hydrogen-bond acceptors (Lipinski definition) is 3. The highest BCUT2D eigenvalue weighted by atomic mass is 16.6. The van der Waals surface area contributed by atoms with E-state index >= 15 is 0 Å². The van der Waals surface area contributed by atoms with Gasteiger partial charge in [0.25, 0.3) is 0 Å². The van der Waals surface area contributed by atoms with E-state index in [0.717, 1.165) is 32.2 Å². The fourth-order valence-corrected chi connectivity index (χ4v) is 4.10. The van der Waals surface area contributed by atoms with E-state index in [1.165, 1.54) is 0 Å². The lowest BCUT2D eigenvalue weighted by molar-refractivity contribution is -0.120. The van der Waals surface area contributed by atoms with Crippen molar-refractivity contribution in [1.82, 2.24) is 10.2 Å². The van der Waals surface area contributed by atoms with Crippen molar-refractivity contribution in [2.45, 2.75) is 70.6 Å². The maximum Gasteiger partial charge on any atom is 0.410 e. The monoisotopic (exact) mass is 280 g/mol. The molecule has 3 fully saturated rings. The van der Waals surface area contributed by atoms with Crippen LogP contribution in [-0.4, -0.2) is 41.1 Å². The largest absolute Gasteiger partial charge is 0.444 e. The molecule has 3 saturated heterocycles. The molecule has 3 heterocycles. The zero-order valence-corrected chi connectivity index (χ0v) is 12.6. The van der Waals surface area contributed by atoms with Crippen LogP contribution >= 0.6 is 0 Å². The second-order valence-electron chi connectivity index (χ2n) is 7.63. The average Bonchev–Trinajstić information content (AvgIpc) is 2.77. The van der Waals surface area contributed by atoms with E-state index < -0.39 is 5.60 Å². The van der Waals surface area contributed by atoms with Crippen molar-refractivity contribution < 1.29 is 14.3 Å². The second kappa shape index (κ2) is 4.37. The van der Waals surface area contributed by atoms with E-state index in [9.17, 15) is 9.59 Å². The summed E-state index contributed by atoms with van der Waals surface area (Å²) in [7, 11) is 0. The minimum Gasteiger partial charge on any atom is -0.444 e. The summed E-state index contributed by atoms with van der Waals surface area (Å²) in [6, 6.07) is 0.493. The zero-order valence-electron chi connectivity index (χ0n) is 12.6. The molecule has 20 heavy (non-hydrogen) atoms. The minimum absolute atomic E-state index is 0.0848. The lowest BCUT2D eigenvalue weighted by Gasteiger charge is -2.44. The zero-order chi connectivity index (χ0) is 14.5. The van der Waals surface area contributed by atoms with Crippen LogP contribution in [0.5, 0.6) is 0 Å². The Hall–Kier alpha value is -1.26. The van der Waals surface area contributed by atoms with Gasteiger partial charge >= 0.3 is 6.09 Å². The first-order chi connectivity index (χ1) is 9.28. The molecule has 3 aliphatic rings. The molecule has 1 spiro atoms. The lowest BCUT2D eigenvalue weighted by Crippen LogP contribution is -2.52. The van der Waals surface area contributed by atoms with Crippen LogP contribution in [0.2, 0.25) is 0 Å². The van der Waals surface area contributed by atoms with Gasteiger partial charge in [-0.25, -0.2) is 4.79 Å². The molecule has 0 aromatic carbocycles. The third-order valence-corrected chi connectivity index (χ3v) is 4.76. The molecule has 112 valence electrons. The van der Waals surface area contributed by atoms with Gasteiger partial charge in [-0.1, -0.05) is 0 Å². The van der Waals surface area contributed by atoms with E-state index in [1.807, 2.05) is 25.7 Å². The fourth-order valence-electron chi connectivity index (χ4n) is 4.10. The number of fused-ring (bicyclic) bond motifs is 2. The Bertz CT molecular complexity index is 427. The normalized spacial score (nSPS) is 36.4. The quantitative estimate of drug-likeness (QED) is 0.739. The molecule has 1 N–H and O–H groups in total. The topological polar surface area (TPSA) is 58.6 Å². The van der Waals surface area contributed by atoms with Crippen LogP contribution < -0.4 is 5.32 Å². The van der Waals surface area contributed by atoms with Gasteiger partial charge in [0.1, 0.15) is 5.60 Å². The molecule has 2 bridgehead atoms. The van der Waals surface area contributed by atoms with Crippen LogP contribution in [0.4, 0.5) is 4.79 Å². The Kier molecular flexibility index (Phi) is 2.99. The predicted molar refractivity (Wildman–Crippen MR) is 74.2 cm³/mol. The van der Waals surface area contributed by atoms with Crippen molar-refractivity contribution in [2.24, 2.45) is 5.41 Å². The number of carbonyl (C=O) groups is 2. The Balaban J connectivity index is 1.72. The first kappa shape index (κ1) is 13.7. The van der Waals surface area contributed by atoms with E-state index in [0.29, 0.717) is 6.42 Å². The summed E-state index contributed by atoms with van der Waals surface area (Å²) in [5.74, 6) is 0.162. The number of amides is 2. The molecule has 0 aromatic heterocycles. The minimum atomic E-state index is -0.448. The summed E-state index contributed by atoms with van der Waals surface area (Å²) in [6.45, 7) is 6.48. The van der Waals surface area contributed by atoms with Crippen LogP contribution in [0, 0.1) is 5.41 Å². The van der Waals surface area contributed by atoms with Crippen molar-refractivity contribution in [3.63, 3.8) is 0 Å². The Morgan fingerprint density at radius 2 is 1.90 bits per heavy atom. The van der Waals surface area contributed by atoms with Gasteiger partial charge in [0.15, 0.2) is 0 Å². The van der Waals surface area contributed by atoms with Crippen molar-refractivity contribution in [2.75, 3.05) is 6.54 Å². The van der Waals surface area contributed by atoms with Gasteiger partial charge in [0, 0.05) is 30.5 Å². The number of hydrogen-bond donors (Lipinski definition) is 1. The van der Waals surface area contributed by atoms with Gasteiger partial charge in [-0.3, -0.25) is 4.79 Å². The van der Waals surface area contributed by atoms with E-state index in [-0.39, 0.29) is 29.5 Å². The third kappa shape index (κ3) is 2.38. The molecule has 2 amide bonds. The van der Waals surface area contributed by atoms with E-state index in [1.54, 1.807) is 0 Å². The number of nitrogens with zero attached hydrogens (tertiary/aromatic N) is 1. The van der Waals surface area contributed by atoms with Crippen molar-refractivity contribution in [3.8, 4) is 0 Å². The van der Waals surface area contributed by atoms with E-state index in [2.05, 4.69) is 5.32 Å². The number of rotatable bonds is 0. The van der Waals surface area contributed by atoms with Gasteiger partial charge in [-0.15, -0.1) is 0 Å². The molecule has 5 nitrogen and oxygen atoms in total. The number of ether oxygens (including phenoxy) is 1. The van der Waals surface area contributed by atoms with E-state index in [4.69, 9.17) is 4.74 Å². The molecule has 5 heteroatoms. The fraction of sp³-hybridized carbons (Fsp3) is 0.867. The van der Waals surface area contributed by atoms with Crippen LogP contribution in [0.1, 0.15) is 52.9 Å². The Morgan fingerprint density at radius 3 is 2.35 bits per heavy atom. The van der Waals surface area contributed by atoms with Crippen molar-refractivity contribution >= 4 is 12.0 Å². The standard InChI is InChI=1S/C15H24N2O3/c1-14(2,3)20-13(19)17-10-4-5-11(17)7-15(6-10)8-12(18)16-9-15/h10-11H,4-9H2,1-3H3,(H,16,18)/t10-,11-/m0/s1. The summed E-state index contributed by atoms with van der Waals surface area (Å²) >= 11 is 0. The Labute approximate surface area is 120 Å². The molecular weight excluding hydrogens is 256 g/mol. The summed E-state index contributed by atoms with van der Waals surface area (Å²) in [4.78, 5) is 25.8. The van der Waals surface area contributed by atoms with Crippen LogP contribution in [0.3, 0.4) is 0 Å². The highest BCUT2D eigenvalue weighted by Crippen LogP contribution is 2.49. The average molecular weight is 280 g/mol. The highest BCUT2D eigenvalue weighted by molar-refractivity contribution is 5.79. The maximum atomic E-state index is 12.4.